The van der Waals surface area contributed by atoms with Crippen LogP contribution in [0.5, 0.6) is 0 Å². The monoisotopic (exact) mass is 396 g/mol. The smallest absolute Gasteiger partial charge is 0.233 e. The van der Waals surface area contributed by atoms with Crippen molar-refractivity contribution in [2.24, 2.45) is 5.92 Å². The molecule has 0 unspecified atom stereocenters. The van der Waals surface area contributed by atoms with Crippen LogP contribution in [-0.4, -0.2) is 49.7 Å². The van der Waals surface area contributed by atoms with Crippen molar-refractivity contribution in [3.05, 3.63) is 35.6 Å². The Morgan fingerprint density at radius 2 is 1.74 bits per heavy atom. The SMILES string of the molecule is Cl.O=C(N1CCC(NCC2CC2)CC1)C1(c2ccc(F)cc2)CCOCC1. The lowest BCUT2D eigenvalue weighted by molar-refractivity contribution is -0.142. The minimum Gasteiger partial charge on any atom is -0.381 e. The van der Waals surface area contributed by atoms with Crippen LogP contribution in [0.25, 0.3) is 0 Å². The van der Waals surface area contributed by atoms with Gasteiger partial charge in [0.1, 0.15) is 5.82 Å². The average molecular weight is 397 g/mol. The lowest BCUT2D eigenvalue weighted by Crippen LogP contribution is -2.53. The Kier molecular flexibility index (Phi) is 6.77. The number of halogens is 2. The first-order valence-corrected chi connectivity index (χ1v) is 10.0. The first-order chi connectivity index (χ1) is 12.7. The molecule has 3 fully saturated rings. The van der Waals surface area contributed by atoms with Crippen LogP contribution in [0, 0.1) is 11.7 Å². The average Bonchev–Trinajstić information content (AvgIpc) is 3.52. The predicted molar refractivity (Wildman–Crippen MR) is 106 cm³/mol. The first-order valence-electron chi connectivity index (χ1n) is 10.0. The third-order valence-electron chi connectivity index (χ3n) is 6.33. The van der Waals surface area contributed by atoms with E-state index in [4.69, 9.17) is 4.74 Å². The van der Waals surface area contributed by atoms with Gasteiger partial charge >= 0.3 is 0 Å². The molecule has 1 aromatic carbocycles. The molecule has 1 saturated carbocycles. The van der Waals surface area contributed by atoms with Crippen LogP contribution in [0.15, 0.2) is 24.3 Å². The van der Waals surface area contributed by atoms with Crippen molar-refractivity contribution in [3.8, 4) is 0 Å². The van der Waals surface area contributed by atoms with Gasteiger partial charge in [0.15, 0.2) is 0 Å². The molecular formula is C21H30ClFN2O2. The summed E-state index contributed by atoms with van der Waals surface area (Å²) in [6, 6.07) is 7.03. The first kappa shape index (κ1) is 20.6. The zero-order valence-electron chi connectivity index (χ0n) is 15.8. The van der Waals surface area contributed by atoms with Gasteiger partial charge in [0.05, 0.1) is 5.41 Å². The topological polar surface area (TPSA) is 41.6 Å². The van der Waals surface area contributed by atoms with Gasteiger partial charge in [-0.2, -0.15) is 0 Å². The van der Waals surface area contributed by atoms with Crippen molar-refractivity contribution in [2.45, 2.75) is 50.0 Å². The number of amides is 1. The number of nitrogens with zero attached hydrogens (tertiary/aromatic N) is 1. The second kappa shape index (κ2) is 8.89. The Balaban J connectivity index is 0.00000210. The molecule has 2 heterocycles. The maximum absolute atomic E-state index is 13.5. The molecule has 150 valence electrons. The summed E-state index contributed by atoms with van der Waals surface area (Å²) in [5.41, 5.74) is 0.376. The Morgan fingerprint density at radius 3 is 2.33 bits per heavy atom. The molecule has 2 aliphatic heterocycles. The van der Waals surface area contributed by atoms with Gasteiger partial charge in [0.25, 0.3) is 0 Å². The molecule has 4 nitrogen and oxygen atoms in total. The standard InChI is InChI=1S/C21H29FN2O2.ClH/c22-18-5-3-17(4-6-18)21(9-13-26-14-10-21)20(25)24-11-7-19(8-12-24)23-15-16-1-2-16;/h3-6,16,19,23H,1-2,7-15H2;1H. The highest BCUT2D eigenvalue weighted by molar-refractivity contribution is 5.88. The van der Waals surface area contributed by atoms with Crippen molar-refractivity contribution < 1.29 is 13.9 Å². The van der Waals surface area contributed by atoms with Gasteiger partial charge in [-0.15, -0.1) is 12.4 Å². The fourth-order valence-corrected chi connectivity index (χ4v) is 4.36. The van der Waals surface area contributed by atoms with Crippen molar-refractivity contribution in [1.29, 1.82) is 0 Å². The lowest BCUT2D eigenvalue weighted by Gasteiger charge is -2.42. The van der Waals surface area contributed by atoms with E-state index in [1.165, 1.54) is 25.0 Å². The van der Waals surface area contributed by atoms with Gasteiger partial charge in [0, 0.05) is 32.3 Å². The number of likely N-dealkylation sites (tertiary alicyclic amines) is 1. The molecular weight excluding hydrogens is 367 g/mol. The molecule has 3 aliphatic rings. The molecule has 27 heavy (non-hydrogen) atoms. The fourth-order valence-electron chi connectivity index (χ4n) is 4.36. The number of hydrogen-bond donors (Lipinski definition) is 1. The molecule has 0 radical (unpaired) electrons. The summed E-state index contributed by atoms with van der Waals surface area (Å²) < 4.78 is 18.9. The summed E-state index contributed by atoms with van der Waals surface area (Å²) >= 11 is 0. The fraction of sp³-hybridized carbons (Fsp3) is 0.667. The third-order valence-corrected chi connectivity index (χ3v) is 6.33. The van der Waals surface area contributed by atoms with E-state index < -0.39 is 5.41 Å². The molecule has 1 N–H and O–H groups in total. The summed E-state index contributed by atoms with van der Waals surface area (Å²) in [4.78, 5) is 15.5. The highest BCUT2D eigenvalue weighted by atomic mass is 35.5. The third kappa shape index (κ3) is 4.64. The summed E-state index contributed by atoms with van der Waals surface area (Å²) in [5.74, 6) is 0.831. The maximum atomic E-state index is 13.5. The van der Waals surface area contributed by atoms with Gasteiger partial charge in [-0.1, -0.05) is 12.1 Å². The number of hydrogen-bond acceptors (Lipinski definition) is 3. The van der Waals surface area contributed by atoms with Crippen molar-refractivity contribution in [2.75, 3.05) is 32.8 Å². The second-order valence-corrected chi connectivity index (χ2v) is 8.12. The molecule has 4 rings (SSSR count). The minimum atomic E-state index is -0.555. The van der Waals surface area contributed by atoms with E-state index in [1.54, 1.807) is 12.1 Å². The predicted octanol–water partition coefficient (Wildman–Crippen LogP) is 3.29. The van der Waals surface area contributed by atoms with Gasteiger partial charge < -0.3 is 15.0 Å². The molecule has 1 aromatic rings. The number of carbonyl (C=O) groups excluding carboxylic acids is 1. The Labute approximate surface area is 167 Å². The van der Waals surface area contributed by atoms with E-state index >= 15 is 0 Å². The van der Waals surface area contributed by atoms with E-state index in [1.807, 2.05) is 4.90 Å². The van der Waals surface area contributed by atoms with Crippen LogP contribution in [0.4, 0.5) is 4.39 Å². The number of nitrogens with one attached hydrogen (secondary N) is 1. The highest BCUT2D eigenvalue weighted by Gasteiger charge is 2.44. The van der Waals surface area contributed by atoms with Crippen LogP contribution in [0.3, 0.4) is 0 Å². The van der Waals surface area contributed by atoms with Gasteiger partial charge in [-0.05, 0) is 68.7 Å². The van der Waals surface area contributed by atoms with Gasteiger partial charge in [-0.3, -0.25) is 4.79 Å². The largest absolute Gasteiger partial charge is 0.381 e. The van der Waals surface area contributed by atoms with E-state index in [-0.39, 0.29) is 24.1 Å². The number of rotatable bonds is 5. The van der Waals surface area contributed by atoms with E-state index in [0.717, 1.165) is 44.0 Å². The maximum Gasteiger partial charge on any atom is 0.233 e. The van der Waals surface area contributed by atoms with E-state index in [0.29, 0.717) is 32.1 Å². The van der Waals surface area contributed by atoms with Crippen molar-refractivity contribution >= 4 is 18.3 Å². The van der Waals surface area contributed by atoms with Gasteiger partial charge in [-0.25, -0.2) is 4.39 Å². The Hall–Kier alpha value is -1.17. The van der Waals surface area contributed by atoms with Crippen LogP contribution in [-0.2, 0) is 14.9 Å². The zero-order valence-corrected chi connectivity index (χ0v) is 16.6. The van der Waals surface area contributed by atoms with Crippen molar-refractivity contribution in [1.82, 2.24) is 10.2 Å². The number of piperidine rings is 1. The van der Waals surface area contributed by atoms with Crippen LogP contribution < -0.4 is 5.32 Å². The van der Waals surface area contributed by atoms with E-state index in [9.17, 15) is 9.18 Å². The summed E-state index contributed by atoms with van der Waals surface area (Å²) in [7, 11) is 0. The summed E-state index contributed by atoms with van der Waals surface area (Å²) in [6.07, 6.45) is 6.14. The highest BCUT2D eigenvalue weighted by Crippen LogP contribution is 2.37. The Morgan fingerprint density at radius 1 is 1.11 bits per heavy atom. The molecule has 2 saturated heterocycles. The van der Waals surface area contributed by atoms with E-state index in [2.05, 4.69) is 5.32 Å². The van der Waals surface area contributed by atoms with Crippen molar-refractivity contribution in [3.63, 3.8) is 0 Å². The van der Waals surface area contributed by atoms with Gasteiger partial charge in [0.2, 0.25) is 5.91 Å². The normalized spacial score (nSPS) is 22.9. The molecule has 0 spiro atoms. The lowest BCUT2D eigenvalue weighted by atomic mass is 9.72. The van der Waals surface area contributed by atoms with Crippen LogP contribution in [0.2, 0.25) is 0 Å². The molecule has 1 amide bonds. The number of carbonyl (C=O) groups is 1. The second-order valence-electron chi connectivity index (χ2n) is 8.12. The minimum absolute atomic E-state index is 0. The number of ether oxygens (including phenoxy) is 1. The number of benzene rings is 1. The van der Waals surface area contributed by atoms with Crippen LogP contribution in [0.1, 0.15) is 44.1 Å². The van der Waals surface area contributed by atoms with Crippen LogP contribution >= 0.6 is 12.4 Å². The molecule has 0 bridgehead atoms. The summed E-state index contributed by atoms with van der Waals surface area (Å²) in [5, 5.41) is 3.67. The quantitative estimate of drug-likeness (QED) is 0.830. The summed E-state index contributed by atoms with van der Waals surface area (Å²) in [6.45, 7) is 3.93. The molecule has 6 heteroatoms. The Bertz CT molecular complexity index is 622. The molecule has 1 aliphatic carbocycles. The zero-order chi connectivity index (χ0) is 18.0. The molecule has 0 aromatic heterocycles. The molecule has 0 atom stereocenters.